The summed E-state index contributed by atoms with van der Waals surface area (Å²) in [5.74, 6) is -0.249. The molecule has 1 amide bonds. The van der Waals surface area contributed by atoms with Crippen molar-refractivity contribution in [2.75, 3.05) is 11.2 Å². The summed E-state index contributed by atoms with van der Waals surface area (Å²) in [6.45, 7) is 0. The maximum atomic E-state index is 11.0. The number of imidazole rings is 1. The van der Waals surface area contributed by atoms with Crippen molar-refractivity contribution in [1.29, 1.82) is 0 Å². The maximum absolute atomic E-state index is 11.0. The Bertz CT molecular complexity index is 464. The van der Waals surface area contributed by atoms with Crippen LogP contribution in [0.3, 0.4) is 0 Å². The van der Waals surface area contributed by atoms with Crippen molar-refractivity contribution < 1.29 is 4.79 Å². The normalized spacial score (nSPS) is 10.1. The predicted molar refractivity (Wildman–Crippen MR) is 62.9 cm³/mol. The summed E-state index contributed by atoms with van der Waals surface area (Å²) in [7, 11) is 0. The molecule has 1 aromatic carbocycles. The second kappa shape index (κ2) is 4.81. The van der Waals surface area contributed by atoms with Crippen molar-refractivity contribution in [3.8, 4) is 5.69 Å². The van der Waals surface area contributed by atoms with E-state index < -0.39 is 0 Å². The molecule has 2 aromatic rings. The standard InChI is InChI=1S/C11H10ClN3O/c12-7-11(16)14-9-1-3-10(4-2-9)15-6-5-13-8-15/h1-6,8H,7H2,(H,14,16). The van der Waals surface area contributed by atoms with E-state index in [2.05, 4.69) is 10.3 Å². The minimum absolute atomic E-state index is 0.0384. The Morgan fingerprint density at radius 3 is 2.69 bits per heavy atom. The molecule has 5 heteroatoms. The molecule has 0 spiro atoms. The Morgan fingerprint density at radius 2 is 2.12 bits per heavy atom. The summed E-state index contributed by atoms with van der Waals surface area (Å²) in [4.78, 5) is 15.0. The zero-order chi connectivity index (χ0) is 11.4. The molecule has 0 unspecified atom stereocenters. The first-order valence-electron chi connectivity index (χ1n) is 4.74. The van der Waals surface area contributed by atoms with E-state index in [-0.39, 0.29) is 11.8 Å². The number of hydrogen-bond donors (Lipinski definition) is 1. The highest BCUT2D eigenvalue weighted by molar-refractivity contribution is 6.29. The number of carbonyl (C=O) groups is 1. The van der Waals surface area contributed by atoms with E-state index in [1.54, 1.807) is 12.5 Å². The van der Waals surface area contributed by atoms with Gasteiger partial charge in [0.05, 0.1) is 6.33 Å². The topological polar surface area (TPSA) is 46.9 Å². The summed E-state index contributed by atoms with van der Waals surface area (Å²) in [6, 6.07) is 7.43. The number of amides is 1. The van der Waals surface area contributed by atoms with Crippen LogP contribution in [-0.4, -0.2) is 21.3 Å². The van der Waals surface area contributed by atoms with E-state index in [9.17, 15) is 4.79 Å². The predicted octanol–water partition coefficient (Wildman–Crippen LogP) is 2.05. The van der Waals surface area contributed by atoms with Gasteiger partial charge in [-0.15, -0.1) is 11.6 Å². The molecule has 82 valence electrons. The molecule has 0 radical (unpaired) electrons. The van der Waals surface area contributed by atoms with Crippen LogP contribution in [0.25, 0.3) is 5.69 Å². The van der Waals surface area contributed by atoms with Crippen LogP contribution < -0.4 is 5.32 Å². The molecule has 0 aliphatic heterocycles. The molecule has 0 fully saturated rings. The summed E-state index contributed by atoms with van der Waals surface area (Å²) in [5, 5.41) is 2.67. The lowest BCUT2D eigenvalue weighted by Gasteiger charge is -2.05. The van der Waals surface area contributed by atoms with Crippen molar-refractivity contribution in [1.82, 2.24) is 9.55 Å². The van der Waals surface area contributed by atoms with Gasteiger partial charge in [-0.2, -0.15) is 0 Å². The van der Waals surface area contributed by atoms with E-state index in [4.69, 9.17) is 11.6 Å². The fourth-order valence-electron chi connectivity index (χ4n) is 1.32. The Morgan fingerprint density at radius 1 is 1.38 bits per heavy atom. The quantitative estimate of drug-likeness (QED) is 0.828. The zero-order valence-corrected chi connectivity index (χ0v) is 9.19. The van der Waals surface area contributed by atoms with Gasteiger partial charge in [0.1, 0.15) is 5.88 Å². The third-order valence-corrected chi connectivity index (χ3v) is 2.32. The average molecular weight is 236 g/mol. The van der Waals surface area contributed by atoms with Gasteiger partial charge < -0.3 is 9.88 Å². The van der Waals surface area contributed by atoms with Crippen molar-refractivity contribution in [2.45, 2.75) is 0 Å². The minimum atomic E-state index is -0.211. The van der Waals surface area contributed by atoms with Gasteiger partial charge in [0.15, 0.2) is 0 Å². The van der Waals surface area contributed by atoms with Crippen LogP contribution in [0.2, 0.25) is 0 Å². The molecular weight excluding hydrogens is 226 g/mol. The van der Waals surface area contributed by atoms with E-state index in [0.717, 1.165) is 11.4 Å². The lowest BCUT2D eigenvalue weighted by Crippen LogP contribution is -2.12. The first-order chi connectivity index (χ1) is 7.79. The molecule has 0 aliphatic carbocycles. The summed E-state index contributed by atoms with van der Waals surface area (Å²) < 4.78 is 1.88. The highest BCUT2D eigenvalue weighted by Gasteiger charge is 2.00. The minimum Gasteiger partial charge on any atom is -0.325 e. The van der Waals surface area contributed by atoms with Crippen molar-refractivity contribution in [3.05, 3.63) is 43.0 Å². The highest BCUT2D eigenvalue weighted by atomic mass is 35.5. The molecule has 0 aliphatic rings. The Labute approximate surface area is 97.9 Å². The van der Waals surface area contributed by atoms with Crippen LogP contribution in [0.15, 0.2) is 43.0 Å². The number of benzene rings is 1. The Hall–Kier alpha value is -1.81. The van der Waals surface area contributed by atoms with Crippen molar-refractivity contribution in [2.24, 2.45) is 0 Å². The SMILES string of the molecule is O=C(CCl)Nc1ccc(-n2ccnc2)cc1. The van der Waals surface area contributed by atoms with Crippen LogP contribution in [0, 0.1) is 0 Å². The smallest absolute Gasteiger partial charge is 0.239 e. The van der Waals surface area contributed by atoms with Crippen molar-refractivity contribution in [3.63, 3.8) is 0 Å². The van der Waals surface area contributed by atoms with Gasteiger partial charge in [0.2, 0.25) is 5.91 Å². The van der Waals surface area contributed by atoms with Gasteiger partial charge in [0, 0.05) is 23.8 Å². The van der Waals surface area contributed by atoms with Gasteiger partial charge in [0.25, 0.3) is 0 Å². The number of hydrogen-bond acceptors (Lipinski definition) is 2. The monoisotopic (exact) mass is 235 g/mol. The fourth-order valence-corrected chi connectivity index (χ4v) is 1.39. The molecule has 16 heavy (non-hydrogen) atoms. The summed E-state index contributed by atoms with van der Waals surface area (Å²) in [5.41, 5.74) is 1.72. The molecule has 0 saturated carbocycles. The van der Waals surface area contributed by atoms with Crippen LogP contribution in [0.5, 0.6) is 0 Å². The van der Waals surface area contributed by atoms with Crippen LogP contribution in [0.4, 0.5) is 5.69 Å². The molecule has 1 aromatic heterocycles. The van der Waals surface area contributed by atoms with E-state index >= 15 is 0 Å². The van der Waals surface area contributed by atoms with Crippen LogP contribution in [0.1, 0.15) is 0 Å². The van der Waals surface area contributed by atoms with Gasteiger partial charge in [-0.25, -0.2) is 4.98 Å². The van der Waals surface area contributed by atoms with Crippen molar-refractivity contribution >= 4 is 23.2 Å². The van der Waals surface area contributed by atoms with Crippen LogP contribution >= 0.6 is 11.6 Å². The number of aromatic nitrogens is 2. The maximum Gasteiger partial charge on any atom is 0.239 e. The summed E-state index contributed by atoms with van der Waals surface area (Å²) >= 11 is 5.39. The second-order valence-corrected chi connectivity index (χ2v) is 3.47. The number of nitrogens with one attached hydrogen (secondary N) is 1. The zero-order valence-electron chi connectivity index (χ0n) is 8.43. The van der Waals surface area contributed by atoms with E-state index in [1.807, 2.05) is 35.0 Å². The van der Waals surface area contributed by atoms with Gasteiger partial charge in [-0.3, -0.25) is 4.79 Å². The number of carbonyl (C=O) groups excluding carboxylic acids is 1. The average Bonchev–Trinajstić information content (AvgIpc) is 2.83. The third-order valence-electron chi connectivity index (χ3n) is 2.07. The molecular formula is C11H10ClN3O. The van der Waals surface area contributed by atoms with Gasteiger partial charge >= 0.3 is 0 Å². The Balaban J connectivity index is 2.14. The Kier molecular flexibility index (Phi) is 3.22. The number of anilines is 1. The lowest BCUT2D eigenvalue weighted by molar-refractivity contribution is -0.113. The van der Waals surface area contributed by atoms with E-state index in [0.29, 0.717) is 0 Å². The van der Waals surface area contributed by atoms with Gasteiger partial charge in [-0.1, -0.05) is 0 Å². The highest BCUT2D eigenvalue weighted by Crippen LogP contribution is 2.12. The number of halogens is 1. The molecule has 0 atom stereocenters. The molecule has 0 saturated heterocycles. The first-order valence-corrected chi connectivity index (χ1v) is 5.27. The molecule has 0 bridgehead atoms. The van der Waals surface area contributed by atoms with E-state index in [1.165, 1.54) is 0 Å². The third kappa shape index (κ3) is 2.41. The fraction of sp³-hybridized carbons (Fsp3) is 0.0909. The molecule has 4 nitrogen and oxygen atoms in total. The molecule has 2 rings (SSSR count). The van der Waals surface area contributed by atoms with Gasteiger partial charge in [-0.05, 0) is 24.3 Å². The van der Waals surface area contributed by atoms with Crippen LogP contribution in [-0.2, 0) is 4.79 Å². The second-order valence-electron chi connectivity index (χ2n) is 3.20. The first kappa shape index (κ1) is 10.7. The molecule has 1 heterocycles. The largest absolute Gasteiger partial charge is 0.325 e. The summed E-state index contributed by atoms with van der Waals surface area (Å²) in [6.07, 6.45) is 5.28. The number of alkyl halides is 1. The molecule has 1 N–H and O–H groups in total. The number of nitrogens with zero attached hydrogens (tertiary/aromatic N) is 2. The number of rotatable bonds is 3. The lowest BCUT2D eigenvalue weighted by atomic mass is 10.3.